The Kier molecular flexibility index (Phi) is 10.5. The van der Waals surface area contributed by atoms with E-state index in [0.29, 0.717) is 25.8 Å². The first-order valence-corrected chi connectivity index (χ1v) is 16.2. The van der Waals surface area contributed by atoms with Gasteiger partial charge in [-0.15, -0.1) is 0 Å². The number of aliphatic hydroxyl groups is 1. The second-order valence-corrected chi connectivity index (χ2v) is 13.8. The third-order valence-corrected chi connectivity index (χ3v) is 9.08. The number of carbonyl (C=O) groups excluding carboxylic acids is 2. The van der Waals surface area contributed by atoms with Gasteiger partial charge in [0, 0.05) is 36.9 Å². The topological polar surface area (TPSA) is 94.6 Å². The molecule has 1 aliphatic heterocycles. The molecule has 3 N–H and O–H groups in total. The van der Waals surface area contributed by atoms with Crippen molar-refractivity contribution >= 4 is 11.8 Å². The Bertz CT molecular complexity index is 1370. The number of aliphatic hydroxyl groups excluding tert-OH is 1. The highest BCUT2D eigenvalue weighted by molar-refractivity contribution is 5.80. The zero-order chi connectivity index (χ0) is 31.1. The van der Waals surface area contributed by atoms with Crippen LogP contribution in [0.5, 0.6) is 0 Å². The molecule has 3 aromatic rings. The van der Waals surface area contributed by atoms with E-state index in [1.807, 2.05) is 69.4 Å². The van der Waals surface area contributed by atoms with Crippen LogP contribution in [0.2, 0.25) is 0 Å². The summed E-state index contributed by atoms with van der Waals surface area (Å²) in [5.41, 5.74) is 4.36. The number of nitrogens with one attached hydrogen (secondary N) is 2. The van der Waals surface area contributed by atoms with Gasteiger partial charge in [-0.3, -0.25) is 19.5 Å². The van der Waals surface area contributed by atoms with Crippen molar-refractivity contribution in [3.8, 4) is 0 Å². The van der Waals surface area contributed by atoms with E-state index in [4.69, 9.17) is 0 Å². The molecule has 1 aliphatic carbocycles. The highest BCUT2D eigenvalue weighted by atomic mass is 16.3. The van der Waals surface area contributed by atoms with Gasteiger partial charge in [-0.25, -0.2) is 0 Å². The number of fused-ring (bicyclic) bond motifs is 1. The van der Waals surface area contributed by atoms with Crippen molar-refractivity contribution in [3.63, 3.8) is 0 Å². The van der Waals surface area contributed by atoms with Crippen LogP contribution in [-0.4, -0.2) is 51.5 Å². The van der Waals surface area contributed by atoms with Crippen molar-refractivity contribution in [2.75, 3.05) is 13.1 Å². The third kappa shape index (κ3) is 8.76. The van der Waals surface area contributed by atoms with E-state index in [1.54, 1.807) is 6.20 Å². The van der Waals surface area contributed by atoms with E-state index in [9.17, 15) is 14.7 Å². The minimum atomic E-state index is -0.690. The molecule has 1 fully saturated rings. The molecule has 5 unspecified atom stereocenters. The van der Waals surface area contributed by atoms with Crippen molar-refractivity contribution in [2.24, 2.45) is 17.8 Å². The average Bonchev–Trinajstić information content (AvgIpc) is 3.40. The number of carbonyl (C=O) groups is 2. The van der Waals surface area contributed by atoms with Gasteiger partial charge in [-0.05, 0) is 100 Å². The van der Waals surface area contributed by atoms with Crippen LogP contribution in [-0.2, 0) is 29.0 Å². The summed E-state index contributed by atoms with van der Waals surface area (Å²) >= 11 is 0. The summed E-state index contributed by atoms with van der Waals surface area (Å²) in [6, 6.07) is 22.4. The molecule has 1 aromatic heterocycles. The smallest absolute Gasteiger partial charge is 0.225 e. The second-order valence-electron chi connectivity index (χ2n) is 13.8. The van der Waals surface area contributed by atoms with E-state index in [-0.39, 0.29) is 41.1 Å². The summed E-state index contributed by atoms with van der Waals surface area (Å²) in [5, 5.41) is 18.0. The van der Waals surface area contributed by atoms with E-state index in [2.05, 4.69) is 44.8 Å². The first-order valence-electron chi connectivity index (χ1n) is 16.2. The Morgan fingerprint density at radius 2 is 1.75 bits per heavy atom. The molecular formula is C37H48N4O3. The molecule has 2 amide bonds. The Labute approximate surface area is 262 Å². The molecule has 7 nitrogen and oxygen atoms in total. The van der Waals surface area contributed by atoms with Crippen LogP contribution in [0.25, 0.3) is 0 Å². The predicted octanol–water partition coefficient (Wildman–Crippen LogP) is 5.24. The predicted molar refractivity (Wildman–Crippen MR) is 174 cm³/mol. The maximum atomic E-state index is 13.8. The molecule has 1 saturated heterocycles. The second kappa shape index (κ2) is 14.5. The third-order valence-electron chi connectivity index (χ3n) is 9.08. The van der Waals surface area contributed by atoms with Gasteiger partial charge in [0.1, 0.15) is 0 Å². The minimum Gasteiger partial charge on any atom is -0.393 e. The van der Waals surface area contributed by atoms with E-state index in [0.717, 1.165) is 43.5 Å². The molecular weight excluding hydrogens is 548 g/mol. The molecule has 2 aliphatic rings. The maximum Gasteiger partial charge on any atom is 0.225 e. The van der Waals surface area contributed by atoms with Crippen LogP contribution < -0.4 is 10.6 Å². The molecule has 7 heteroatoms. The fraction of sp³-hybridized carbons (Fsp3) is 0.486. The molecule has 2 heterocycles. The van der Waals surface area contributed by atoms with Crippen molar-refractivity contribution < 1.29 is 14.7 Å². The molecule has 0 bridgehead atoms. The summed E-state index contributed by atoms with van der Waals surface area (Å²) in [6.45, 7) is 8.22. The molecule has 5 atom stereocenters. The maximum absolute atomic E-state index is 13.8. The zero-order valence-electron chi connectivity index (χ0n) is 26.4. The van der Waals surface area contributed by atoms with Crippen LogP contribution in [0.3, 0.4) is 0 Å². The summed E-state index contributed by atoms with van der Waals surface area (Å²) in [6.07, 6.45) is 7.05. The van der Waals surface area contributed by atoms with Crippen LogP contribution >= 0.6 is 0 Å². The molecule has 44 heavy (non-hydrogen) atoms. The monoisotopic (exact) mass is 596 g/mol. The number of aromatic nitrogens is 1. The van der Waals surface area contributed by atoms with Gasteiger partial charge in [0.2, 0.25) is 11.8 Å². The number of aryl methyl sites for hydroxylation is 1. The fourth-order valence-electron chi connectivity index (χ4n) is 6.96. The van der Waals surface area contributed by atoms with Crippen molar-refractivity contribution in [1.29, 1.82) is 0 Å². The number of hydrogen-bond acceptors (Lipinski definition) is 5. The first kappa shape index (κ1) is 31.9. The lowest BCUT2D eigenvalue weighted by atomic mass is 9.79. The van der Waals surface area contributed by atoms with E-state index >= 15 is 0 Å². The molecule has 0 spiro atoms. The van der Waals surface area contributed by atoms with Crippen molar-refractivity contribution in [3.05, 3.63) is 101 Å². The van der Waals surface area contributed by atoms with Gasteiger partial charge in [0.05, 0.1) is 18.1 Å². The largest absolute Gasteiger partial charge is 0.393 e. The fourth-order valence-corrected chi connectivity index (χ4v) is 6.96. The number of likely N-dealkylation sites (tertiary alicyclic amines) is 1. The summed E-state index contributed by atoms with van der Waals surface area (Å²) in [4.78, 5) is 33.9. The number of nitrogens with zero attached hydrogens (tertiary/aromatic N) is 2. The summed E-state index contributed by atoms with van der Waals surface area (Å²) in [7, 11) is 0. The Hall–Kier alpha value is -3.55. The number of hydrogen-bond donors (Lipinski definition) is 3. The van der Waals surface area contributed by atoms with Crippen LogP contribution in [0.4, 0.5) is 0 Å². The molecule has 0 radical (unpaired) electrons. The highest BCUT2D eigenvalue weighted by Gasteiger charge is 2.37. The van der Waals surface area contributed by atoms with Gasteiger partial charge in [0.25, 0.3) is 0 Å². The lowest BCUT2D eigenvalue weighted by Gasteiger charge is -2.40. The first-order chi connectivity index (χ1) is 21.1. The lowest BCUT2D eigenvalue weighted by Crippen LogP contribution is -2.52. The highest BCUT2D eigenvalue weighted by Crippen LogP contribution is 2.33. The lowest BCUT2D eigenvalue weighted by molar-refractivity contribution is -0.132. The van der Waals surface area contributed by atoms with Gasteiger partial charge < -0.3 is 15.7 Å². The number of pyridine rings is 1. The van der Waals surface area contributed by atoms with E-state index < -0.39 is 6.10 Å². The average molecular weight is 597 g/mol. The van der Waals surface area contributed by atoms with Crippen LogP contribution in [0.15, 0.2) is 79.1 Å². The van der Waals surface area contributed by atoms with Crippen LogP contribution in [0.1, 0.15) is 74.8 Å². The zero-order valence-corrected chi connectivity index (χ0v) is 26.4. The Balaban J connectivity index is 1.27. The normalized spacial score (nSPS) is 21.7. The van der Waals surface area contributed by atoms with Crippen molar-refractivity contribution in [1.82, 2.24) is 20.5 Å². The standard InChI is InChI=1S/C37H48N4O3/c1-37(2,3)40-36(44)33-25-41(24-27-12-9-18-38-23-27)19-17-29(33)21-31(42)22-30(20-26-10-5-4-6-11-26)35(43)39-34-16-15-28-13-7-8-14-32(28)34/h4-14,18,23,29-31,33-34,42H,15-17,19-22,24-25H2,1-3H3,(H,39,43)(H,40,44). The number of rotatable bonds is 11. The van der Waals surface area contributed by atoms with Gasteiger partial charge in [0.15, 0.2) is 0 Å². The quantitative estimate of drug-likeness (QED) is 0.282. The van der Waals surface area contributed by atoms with Crippen molar-refractivity contribution in [2.45, 2.75) is 83.5 Å². The Morgan fingerprint density at radius 1 is 1.00 bits per heavy atom. The number of benzene rings is 2. The molecule has 5 rings (SSSR count). The Morgan fingerprint density at radius 3 is 2.50 bits per heavy atom. The van der Waals surface area contributed by atoms with Gasteiger partial charge >= 0.3 is 0 Å². The number of piperidine rings is 1. The number of amides is 2. The summed E-state index contributed by atoms with van der Waals surface area (Å²) < 4.78 is 0. The summed E-state index contributed by atoms with van der Waals surface area (Å²) in [5.74, 6) is -0.565. The SMILES string of the molecule is CC(C)(C)NC(=O)C1CN(Cc2cccnc2)CCC1CC(O)CC(Cc1ccccc1)C(=O)NC1CCc2ccccc21. The molecule has 234 valence electrons. The minimum absolute atomic E-state index is 0.00346. The van der Waals surface area contributed by atoms with Gasteiger partial charge in [-0.1, -0.05) is 60.7 Å². The van der Waals surface area contributed by atoms with Crippen LogP contribution in [0, 0.1) is 17.8 Å². The molecule has 2 aromatic carbocycles. The van der Waals surface area contributed by atoms with E-state index in [1.165, 1.54) is 11.1 Å². The molecule has 0 saturated carbocycles. The van der Waals surface area contributed by atoms with Gasteiger partial charge in [-0.2, -0.15) is 0 Å².